The zero-order valence-corrected chi connectivity index (χ0v) is 14.2. The minimum Gasteiger partial charge on any atom is -0.451 e. The highest BCUT2D eigenvalue weighted by atomic mass is 35.5. The Morgan fingerprint density at radius 2 is 2.16 bits per heavy atom. The van der Waals surface area contributed by atoms with Crippen LogP contribution in [0.1, 0.15) is 22.5 Å². The van der Waals surface area contributed by atoms with Gasteiger partial charge in [-0.2, -0.15) is 5.26 Å². The van der Waals surface area contributed by atoms with Gasteiger partial charge in [0.05, 0.1) is 18.7 Å². The number of anilines is 1. The van der Waals surface area contributed by atoms with Gasteiger partial charge in [-0.1, -0.05) is 11.6 Å². The molecule has 7 nitrogen and oxygen atoms in total. The lowest BCUT2D eigenvalue weighted by molar-refractivity contribution is -0.121. The number of carbonyl (C=O) groups is 2. The van der Waals surface area contributed by atoms with Crippen LogP contribution in [0.15, 0.2) is 36.8 Å². The molecule has 2 rings (SSSR count). The monoisotopic (exact) mass is 358 g/mol. The van der Waals surface area contributed by atoms with Crippen molar-refractivity contribution >= 4 is 29.2 Å². The quantitative estimate of drug-likeness (QED) is 0.736. The molecule has 0 saturated carbocycles. The van der Waals surface area contributed by atoms with Gasteiger partial charge in [-0.25, -0.2) is 9.78 Å². The van der Waals surface area contributed by atoms with E-state index in [0.717, 1.165) is 5.56 Å². The number of hydrogen-bond acceptors (Lipinski definition) is 6. The Bertz CT molecular complexity index is 805. The van der Waals surface area contributed by atoms with E-state index in [-0.39, 0.29) is 18.7 Å². The average molecular weight is 359 g/mol. The molecule has 0 spiro atoms. The molecule has 1 aromatic carbocycles. The van der Waals surface area contributed by atoms with Crippen molar-refractivity contribution in [3.05, 3.63) is 53.1 Å². The highest BCUT2D eigenvalue weighted by Crippen LogP contribution is 2.23. The Balaban J connectivity index is 2.09. The van der Waals surface area contributed by atoms with Gasteiger partial charge >= 0.3 is 5.97 Å². The van der Waals surface area contributed by atoms with Crippen LogP contribution in [0.2, 0.25) is 5.02 Å². The normalized spacial score (nSPS) is 9.96. The number of nitriles is 1. The number of aryl methyl sites for hydroxylation is 1. The zero-order valence-electron chi connectivity index (χ0n) is 13.5. The predicted octanol–water partition coefficient (Wildman–Crippen LogP) is 2.54. The number of ether oxygens (including phenoxy) is 1. The number of amides is 1. The van der Waals surface area contributed by atoms with Crippen molar-refractivity contribution in [1.82, 2.24) is 9.97 Å². The Morgan fingerprint density at radius 3 is 2.80 bits per heavy atom. The highest BCUT2D eigenvalue weighted by molar-refractivity contribution is 6.31. The van der Waals surface area contributed by atoms with E-state index in [1.54, 1.807) is 18.2 Å². The van der Waals surface area contributed by atoms with Crippen molar-refractivity contribution in [2.75, 3.05) is 18.1 Å². The number of halogens is 1. The number of hydrogen-bond donors (Lipinski definition) is 0. The van der Waals surface area contributed by atoms with E-state index in [0.29, 0.717) is 10.7 Å². The average Bonchev–Trinajstić information content (AvgIpc) is 2.63. The van der Waals surface area contributed by atoms with Crippen molar-refractivity contribution in [3.8, 4) is 6.07 Å². The second kappa shape index (κ2) is 8.76. The summed E-state index contributed by atoms with van der Waals surface area (Å²) in [6.07, 6.45) is 4.18. The van der Waals surface area contributed by atoms with Crippen LogP contribution < -0.4 is 4.90 Å². The van der Waals surface area contributed by atoms with E-state index in [2.05, 4.69) is 9.97 Å². The van der Waals surface area contributed by atoms with Crippen molar-refractivity contribution in [1.29, 1.82) is 5.26 Å². The summed E-state index contributed by atoms with van der Waals surface area (Å²) in [4.78, 5) is 33.3. The maximum atomic E-state index is 12.5. The molecule has 0 atom stereocenters. The molecule has 0 bridgehead atoms. The summed E-state index contributed by atoms with van der Waals surface area (Å²) in [6, 6.07) is 7.08. The molecule has 0 saturated heterocycles. The van der Waals surface area contributed by atoms with E-state index in [1.165, 1.54) is 23.5 Å². The number of benzene rings is 1. The van der Waals surface area contributed by atoms with Crippen LogP contribution in [0, 0.1) is 18.3 Å². The molecule has 0 aliphatic heterocycles. The molecule has 25 heavy (non-hydrogen) atoms. The molecule has 8 heteroatoms. The van der Waals surface area contributed by atoms with Gasteiger partial charge < -0.3 is 9.64 Å². The maximum Gasteiger partial charge on any atom is 0.359 e. The van der Waals surface area contributed by atoms with Crippen molar-refractivity contribution < 1.29 is 14.3 Å². The van der Waals surface area contributed by atoms with Gasteiger partial charge in [-0.05, 0) is 30.7 Å². The van der Waals surface area contributed by atoms with Crippen molar-refractivity contribution in [3.63, 3.8) is 0 Å². The molecule has 0 unspecified atom stereocenters. The van der Waals surface area contributed by atoms with Gasteiger partial charge in [0.25, 0.3) is 5.91 Å². The van der Waals surface area contributed by atoms with Gasteiger partial charge in [-0.3, -0.25) is 9.78 Å². The van der Waals surface area contributed by atoms with E-state index >= 15 is 0 Å². The number of carbonyl (C=O) groups excluding carboxylic acids is 2. The van der Waals surface area contributed by atoms with E-state index < -0.39 is 18.5 Å². The standard InChI is InChI=1S/C17H15ClN4O3/c1-12-9-13(3-4-14(12)18)22(8-2-5-19)16(23)11-25-17(24)15-10-20-6-7-21-15/h3-4,6-7,9-10H,2,8,11H2,1H3. The van der Waals surface area contributed by atoms with E-state index in [9.17, 15) is 9.59 Å². The molecule has 0 fully saturated rings. The first-order valence-electron chi connectivity index (χ1n) is 7.39. The summed E-state index contributed by atoms with van der Waals surface area (Å²) >= 11 is 6.00. The third-order valence-corrected chi connectivity index (χ3v) is 3.72. The molecule has 0 aliphatic rings. The fourth-order valence-corrected chi connectivity index (χ4v) is 2.16. The summed E-state index contributed by atoms with van der Waals surface area (Å²) in [5.74, 6) is -1.19. The minimum absolute atomic E-state index is 0.0150. The van der Waals surface area contributed by atoms with Crippen LogP contribution in [0.25, 0.3) is 0 Å². The largest absolute Gasteiger partial charge is 0.451 e. The molecule has 0 N–H and O–H groups in total. The molecule has 128 valence electrons. The summed E-state index contributed by atoms with van der Waals surface area (Å²) in [5.41, 5.74) is 1.39. The first-order valence-corrected chi connectivity index (χ1v) is 7.77. The van der Waals surface area contributed by atoms with Crippen molar-refractivity contribution in [2.45, 2.75) is 13.3 Å². The van der Waals surface area contributed by atoms with Gasteiger partial charge in [0.2, 0.25) is 0 Å². The number of nitrogens with zero attached hydrogens (tertiary/aromatic N) is 4. The maximum absolute atomic E-state index is 12.5. The zero-order chi connectivity index (χ0) is 18.2. The van der Waals surface area contributed by atoms with E-state index in [4.69, 9.17) is 21.6 Å². The molecular formula is C17H15ClN4O3. The number of rotatable bonds is 6. The molecule has 1 aromatic heterocycles. The van der Waals surface area contributed by atoms with Gasteiger partial charge in [-0.15, -0.1) is 0 Å². The third-order valence-electron chi connectivity index (χ3n) is 3.30. The summed E-state index contributed by atoms with van der Waals surface area (Å²) in [7, 11) is 0. The Morgan fingerprint density at radius 1 is 1.36 bits per heavy atom. The summed E-state index contributed by atoms with van der Waals surface area (Å²) < 4.78 is 4.98. The topological polar surface area (TPSA) is 96.2 Å². The van der Waals surface area contributed by atoms with Crippen LogP contribution in [0.3, 0.4) is 0 Å². The van der Waals surface area contributed by atoms with Crippen LogP contribution in [0.4, 0.5) is 5.69 Å². The molecule has 1 heterocycles. The van der Waals surface area contributed by atoms with Crippen LogP contribution in [0.5, 0.6) is 0 Å². The third kappa shape index (κ3) is 4.99. The van der Waals surface area contributed by atoms with Crippen LogP contribution >= 0.6 is 11.6 Å². The smallest absolute Gasteiger partial charge is 0.359 e. The molecular weight excluding hydrogens is 344 g/mol. The highest BCUT2D eigenvalue weighted by Gasteiger charge is 2.19. The minimum atomic E-state index is -0.742. The fraction of sp³-hybridized carbons (Fsp3) is 0.235. The van der Waals surface area contributed by atoms with Crippen LogP contribution in [-0.4, -0.2) is 35.0 Å². The first kappa shape index (κ1) is 18.4. The van der Waals surface area contributed by atoms with Gasteiger partial charge in [0.1, 0.15) is 0 Å². The Labute approximate surface area is 149 Å². The lowest BCUT2D eigenvalue weighted by Gasteiger charge is -2.22. The molecule has 2 aromatic rings. The van der Waals surface area contributed by atoms with E-state index in [1.807, 2.05) is 13.0 Å². The number of esters is 1. The lowest BCUT2D eigenvalue weighted by atomic mass is 10.2. The molecule has 0 aliphatic carbocycles. The first-order chi connectivity index (χ1) is 12.0. The van der Waals surface area contributed by atoms with Gasteiger partial charge in [0.15, 0.2) is 12.3 Å². The van der Waals surface area contributed by atoms with Gasteiger partial charge in [0, 0.05) is 29.6 Å². The SMILES string of the molecule is Cc1cc(N(CCC#N)C(=O)COC(=O)c2cnccn2)ccc1Cl. The molecule has 0 radical (unpaired) electrons. The Hall–Kier alpha value is -2.98. The fourth-order valence-electron chi connectivity index (χ4n) is 2.04. The predicted molar refractivity (Wildman–Crippen MR) is 91.1 cm³/mol. The summed E-state index contributed by atoms with van der Waals surface area (Å²) in [6.45, 7) is 1.52. The second-order valence-electron chi connectivity index (χ2n) is 5.05. The Kier molecular flexibility index (Phi) is 6.43. The van der Waals surface area contributed by atoms with Crippen molar-refractivity contribution in [2.24, 2.45) is 0 Å². The van der Waals surface area contributed by atoms with Crippen LogP contribution in [-0.2, 0) is 9.53 Å². The lowest BCUT2D eigenvalue weighted by Crippen LogP contribution is -2.35. The molecule has 1 amide bonds. The second-order valence-corrected chi connectivity index (χ2v) is 5.46. The number of aromatic nitrogens is 2. The summed E-state index contributed by atoms with van der Waals surface area (Å²) in [5, 5.41) is 9.37.